The molecule has 2 aromatic rings. The lowest BCUT2D eigenvalue weighted by Crippen LogP contribution is -2.20. The van der Waals surface area contributed by atoms with Gasteiger partial charge in [0.25, 0.3) is 0 Å². The van der Waals surface area contributed by atoms with Gasteiger partial charge in [-0.1, -0.05) is 23.7 Å². The Bertz CT molecular complexity index is 572. The molecule has 1 atom stereocenters. The number of hydrogen-bond acceptors (Lipinski definition) is 2. The average Bonchev–Trinajstić information content (AvgIpc) is 2.46. The van der Waals surface area contributed by atoms with Gasteiger partial charge in [-0.25, -0.2) is 0 Å². The predicted molar refractivity (Wildman–Crippen MR) is 77.0 cm³/mol. The van der Waals surface area contributed by atoms with Crippen molar-refractivity contribution >= 4 is 11.6 Å². The van der Waals surface area contributed by atoms with Gasteiger partial charge in [-0.3, -0.25) is 4.98 Å². The molecule has 1 aromatic carbocycles. The molecule has 0 aliphatic carbocycles. The summed E-state index contributed by atoms with van der Waals surface area (Å²) in [5, 5.41) is 10.2. The third-order valence-corrected chi connectivity index (χ3v) is 3.64. The highest BCUT2D eigenvalue weighted by atomic mass is 35.5. The number of halogens is 1. The molecule has 0 fully saturated rings. The number of pyridine rings is 1. The van der Waals surface area contributed by atoms with Gasteiger partial charge in [-0.05, 0) is 55.2 Å². The van der Waals surface area contributed by atoms with Crippen LogP contribution in [-0.4, -0.2) is 4.98 Å². The molecule has 2 nitrogen and oxygen atoms in total. The molecule has 96 valence electrons. The summed E-state index contributed by atoms with van der Waals surface area (Å²) in [6.07, 6.45) is 5.19. The van der Waals surface area contributed by atoms with Gasteiger partial charge in [0.05, 0.1) is 11.5 Å². The molecule has 1 unspecified atom stereocenters. The Morgan fingerprint density at radius 1 is 1.16 bits per heavy atom. The molecule has 0 spiro atoms. The molecular weight excluding hydrogens is 256 g/mol. The van der Waals surface area contributed by atoms with Crippen molar-refractivity contribution in [2.75, 3.05) is 0 Å². The molecule has 3 heteroatoms. The summed E-state index contributed by atoms with van der Waals surface area (Å²) < 4.78 is 0. The molecule has 0 aliphatic heterocycles. The molecule has 0 N–H and O–H groups in total. The first-order valence-corrected chi connectivity index (χ1v) is 6.58. The minimum absolute atomic E-state index is 0.492. The van der Waals surface area contributed by atoms with E-state index >= 15 is 0 Å². The zero-order valence-electron chi connectivity index (χ0n) is 10.8. The largest absolute Gasteiger partial charge is 0.265 e. The van der Waals surface area contributed by atoms with Crippen LogP contribution >= 0.6 is 11.6 Å². The van der Waals surface area contributed by atoms with Gasteiger partial charge in [0, 0.05) is 17.4 Å². The maximum absolute atomic E-state index is 9.49. The average molecular weight is 271 g/mol. The monoisotopic (exact) mass is 270 g/mol. The van der Waals surface area contributed by atoms with Crippen molar-refractivity contribution in [1.82, 2.24) is 4.98 Å². The molecule has 1 aromatic heterocycles. The van der Waals surface area contributed by atoms with E-state index in [1.165, 1.54) is 5.56 Å². The first-order chi connectivity index (χ1) is 9.14. The lowest BCUT2D eigenvalue weighted by molar-refractivity contribution is 0.553. The molecule has 0 aliphatic rings. The maximum atomic E-state index is 9.49. The van der Waals surface area contributed by atoms with Crippen molar-refractivity contribution in [3.8, 4) is 6.07 Å². The molecule has 0 amide bonds. The van der Waals surface area contributed by atoms with Gasteiger partial charge in [0.1, 0.15) is 0 Å². The van der Waals surface area contributed by atoms with E-state index in [1.807, 2.05) is 43.3 Å². The first-order valence-electron chi connectivity index (χ1n) is 6.20. The second kappa shape index (κ2) is 5.86. The van der Waals surface area contributed by atoms with E-state index in [1.54, 1.807) is 12.4 Å². The van der Waals surface area contributed by atoms with Crippen molar-refractivity contribution in [2.45, 2.75) is 25.2 Å². The van der Waals surface area contributed by atoms with Crippen molar-refractivity contribution in [3.63, 3.8) is 0 Å². The summed E-state index contributed by atoms with van der Waals surface area (Å²) in [6, 6.07) is 13.9. The fourth-order valence-corrected chi connectivity index (χ4v) is 2.15. The van der Waals surface area contributed by atoms with Crippen molar-refractivity contribution in [2.24, 2.45) is 0 Å². The van der Waals surface area contributed by atoms with Crippen LogP contribution in [0.25, 0.3) is 0 Å². The zero-order valence-corrected chi connectivity index (χ0v) is 11.6. The summed E-state index contributed by atoms with van der Waals surface area (Å²) in [6.45, 7) is 1.97. The summed E-state index contributed by atoms with van der Waals surface area (Å²) in [4.78, 5) is 4.00. The van der Waals surface area contributed by atoms with E-state index < -0.39 is 5.41 Å². The zero-order chi connectivity index (χ0) is 13.7. The Hall–Kier alpha value is -1.85. The molecule has 0 saturated carbocycles. The molecule has 0 bridgehead atoms. The van der Waals surface area contributed by atoms with E-state index in [-0.39, 0.29) is 0 Å². The van der Waals surface area contributed by atoms with Crippen LogP contribution in [0.3, 0.4) is 0 Å². The van der Waals surface area contributed by atoms with Gasteiger partial charge in [-0.15, -0.1) is 0 Å². The summed E-state index contributed by atoms with van der Waals surface area (Å²) in [5.41, 5.74) is 1.72. The number of nitrogens with zero attached hydrogens (tertiary/aromatic N) is 2. The SMILES string of the molecule is CC(C#N)(CCc1ccncc1)c1ccc(Cl)cc1. The number of aryl methyl sites for hydroxylation is 1. The molecule has 19 heavy (non-hydrogen) atoms. The van der Waals surface area contributed by atoms with E-state index in [9.17, 15) is 5.26 Å². The van der Waals surface area contributed by atoms with Crippen molar-refractivity contribution in [3.05, 3.63) is 64.9 Å². The van der Waals surface area contributed by atoms with Crippen molar-refractivity contribution < 1.29 is 0 Å². The number of nitriles is 1. The minimum atomic E-state index is -0.492. The maximum Gasteiger partial charge on any atom is 0.0797 e. The van der Waals surface area contributed by atoms with Crippen LogP contribution < -0.4 is 0 Å². The highest BCUT2D eigenvalue weighted by Gasteiger charge is 2.25. The Labute approximate surface area is 118 Å². The Morgan fingerprint density at radius 2 is 1.79 bits per heavy atom. The van der Waals surface area contributed by atoms with Crippen LogP contribution in [0.1, 0.15) is 24.5 Å². The van der Waals surface area contributed by atoms with Gasteiger partial charge in [-0.2, -0.15) is 5.26 Å². The Balaban J connectivity index is 2.15. The van der Waals surface area contributed by atoms with E-state index in [0.717, 1.165) is 18.4 Å². The topological polar surface area (TPSA) is 36.7 Å². The second-order valence-electron chi connectivity index (χ2n) is 4.81. The van der Waals surface area contributed by atoms with Crippen molar-refractivity contribution in [1.29, 1.82) is 5.26 Å². The van der Waals surface area contributed by atoms with Crippen LogP contribution in [0, 0.1) is 11.3 Å². The normalized spacial score (nSPS) is 13.5. The fourth-order valence-electron chi connectivity index (χ4n) is 2.03. The van der Waals surface area contributed by atoms with Crippen LogP contribution in [0.2, 0.25) is 5.02 Å². The number of benzene rings is 1. The second-order valence-corrected chi connectivity index (χ2v) is 5.24. The number of rotatable bonds is 4. The molecule has 0 radical (unpaired) electrons. The number of hydrogen-bond donors (Lipinski definition) is 0. The van der Waals surface area contributed by atoms with Gasteiger partial charge in [0.2, 0.25) is 0 Å². The summed E-state index contributed by atoms with van der Waals surface area (Å²) in [7, 11) is 0. The number of aromatic nitrogens is 1. The van der Waals surface area contributed by atoms with Gasteiger partial charge >= 0.3 is 0 Å². The highest BCUT2D eigenvalue weighted by molar-refractivity contribution is 6.30. The van der Waals surface area contributed by atoms with Crippen LogP contribution in [0.15, 0.2) is 48.8 Å². The lowest BCUT2D eigenvalue weighted by atomic mass is 9.79. The van der Waals surface area contributed by atoms with Crippen LogP contribution in [0.5, 0.6) is 0 Å². The molecule has 0 saturated heterocycles. The standard InChI is InChI=1S/C16H15ClN2/c1-16(12-18,14-2-4-15(17)5-3-14)9-6-13-7-10-19-11-8-13/h2-5,7-8,10-11H,6,9H2,1H3. The van der Waals surface area contributed by atoms with E-state index in [0.29, 0.717) is 5.02 Å². The van der Waals surface area contributed by atoms with Gasteiger partial charge in [0.15, 0.2) is 0 Å². The molecule has 2 rings (SSSR count). The summed E-state index contributed by atoms with van der Waals surface area (Å²) >= 11 is 5.89. The third-order valence-electron chi connectivity index (χ3n) is 3.39. The van der Waals surface area contributed by atoms with Crippen LogP contribution in [0.4, 0.5) is 0 Å². The predicted octanol–water partition coefficient (Wildman–Crippen LogP) is 4.15. The lowest BCUT2D eigenvalue weighted by Gasteiger charge is -2.22. The Morgan fingerprint density at radius 3 is 2.37 bits per heavy atom. The molecular formula is C16H15ClN2. The highest BCUT2D eigenvalue weighted by Crippen LogP contribution is 2.29. The fraction of sp³-hybridized carbons (Fsp3) is 0.250. The smallest absolute Gasteiger partial charge is 0.0797 e. The summed E-state index contributed by atoms with van der Waals surface area (Å²) in [5.74, 6) is 0. The molecule has 1 heterocycles. The van der Waals surface area contributed by atoms with E-state index in [2.05, 4.69) is 11.1 Å². The first kappa shape index (κ1) is 13.6. The van der Waals surface area contributed by atoms with Gasteiger partial charge < -0.3 is 0 Å². The quantitative estimate of drug-likeness (QED) is 0.837. The minimum Gasteiger partial charge on any atom is -0.265 e. The third kappa shape index (κ3) is 3.33. The Kier molecular flexibility index (Phi) is 4.19. The van der Waals surface area contributed by atoms with Crippen LogP contribution in [-0.2, 0) is 11.8 Å². The van der Waals surface area contributed by atoms with E-state index in [4.69, 9.17) is 11.6 Å².